The summed E-state index contributed by atoms with van der Waals surface area (Å²) in [5, 5.41) is 139. The Hall–Kier alpha value is -8.76. The Labute approximate surface area is 448 Å². The van der Waals surface area contributed by atoms with Gasteiger partial charge in [0.2, 0.25) is 23.3 Å². The van der Waals surface area contributed by atoms with Gasteiger partial charge in [-0.15, -0.1) is 0 Å². The van der Waals surface area contributed by atoms with Gasteiger partial charge in [0, 0.05) is 40.3 Å². The maximum atomic E-state index is 14.3. The van der Waals surface area contributed by atoms with Crippen molar-refractivity contribution in [1.82, 2.24) is 19.6 Å². The number of primary amides is 2. The molecule has 2 saturated heterocycles. The van der Waals surface area contributed by atoms with Crippen LogP contribution in [0.4, 0.5) is 22.7 Å². The molecule has 6 aromatic rings. The van der Waals surface area contributed by atoms with Crippen LogP contribution >= 0.6 is 0 Å². The number of aliphatic hydroxyl groups is 12. The number of amides is 6. The minimum absolute atomic E-state index is 0.00911. The Morgan fingerprint density at radius 1 is 0.550 bits per heavy atom. The van der Waals surface area contributed by atoms with Crippen LogP contribution in [-0.4, -0.2) is 172 Å². The number of nitrogens with zero attached hydrogens (tertiary/aromatic N) is 8. The fourth-order valence-electron chi connectivity index (χ4n) is 10.1. The van der Waals surface area contributed by atoms with Crippen molar-refractivity contribution < 1.29 is 99.5 Å². The van der Waals surface area contributed by atoms with Crippen LogP contribution in [0.3, 0.4) is 0 Å². The smallest absolute Gasteiger partial charge is 0.291 e. The number of fused-ring (bicyclic) bond motifs is 2. The van der Waals surface area contributed by atoms with E-state index < -0.39 is 132 Å². The van der Waals surface area contributed by atoms with Gasteiger partial charge in [0.1, 0.15) is 22.9 Å². The van der Waals surface area contributed by atoms with Crippen LogP contribution in [0.25, 0.3) is 11.4 Å². The molecule has 0 radical (unpaired) electrons. The summed E-state index contributed by atoms with van der Waals surface area (Å²) in [6, 6.07) is 20.4. The van der Waals surface area contributed by atoms with Gasteiger partial charge in [-0.3, -0.25) is 43.5 Å². The summed E-state index contributed by atoms with van der Waals surface area (Å²) in [7, 11) is 1.43. The molecule has 16 N–H and O–H groups in total. The highest BCUT2D eigenvalue weighted by Gasteiger charge is 2.59. The summed E-state index contributed by atoms with van der Waals surface area (Å²) in [5.41, 5.74) is 8.69. The highest BCUT2D eigenvalue weighted by molar-refractivity contribution is 6.11. The molecule has 30 heteroatoms. The Bertz CT molecular complexity index is 3540. The van der Waals surface area contributed by atoms with Gasteiger partial charge in [-0.1, -0.05) is 0 Å². The molecule has 1 atom stereocenters. The topological polar surface area (TPSA) is 464 Å². The highest BCUT2D eigenvalue weighted by atomic mass is 16.6. The summed E-state index contributed by atoms with van der Waals surface area (Å²) in [4.78, 5) is 82.1. The summed E-state index contributed by atoms with van der Waals surface area (Å²) in [6.45, 7) is -1.70. The molecule has 1 unspecified atom stereocenters. The zero-order chi connectivity index (χ0) is 58.0. The number of rotatable bonds is 12. The molecule has 4 aliphatic heterocycles. The van der Waals surface area contributed by atoms with Crippen molar-refractivity contribution in [2.75, 3.05) is 39.9 Å². The number of carbonyl (C=O) groups is 6. The average Bonchev–Trinajstić information content (AvgIpc) is 4.14. The molecular formula is C50H48N10O20. The predicted molar refractivity (Wildman–Crippen MR) is 266 cm³/mol. The lowest BCUT2D eigenvalue weighted by atomic mass is 9.88. The van der Waals surface area contributed by atoms with E-state index in [9.17, 15) is 90.0 Å². The van der Waals surface area contributed by atoms with Crippen LogP contribution in [0.1, 0.15) is 65.9 Å². The van der Waals surface area contributed by atoms with Crippen LogP contribution in [0, 0.1) is 5.92 Å². The van der Waals surface area contributed by atoms with Gasteiger partial charge in [0.25, 0.3) is 47.3 Å². The molecular weight excluding hydrogens is 1060 g/mol. The molecule has 0 saturated carbocycles. The molecule has 80 heavy (non-hydrogen) atoms. The fourth-order valence-corrected chi connectivity index (χ4v) is 10.1. The molecule has 4 aliphatic rings. The Kier molecular flexibility index (Phi) is 12.8. The first-order valence-corrected chi connectivity index (χ1v) is 23.8. The summed E-state index contributed by atoms with van der Waals surface area (Å²) < 4.78 is 13.1. The number of hydrogen-bond donors (Lipinski definition) is 14. The van der Waals surface area contributed by atoms with Crippen molar-refractivity contribution in [2.45, 2.75) is 60.8 Å². The zero-order valence-electron chi connectivity index (χ0n) is 41.4. The maximum Gasteiger partial charge on any atom is 0.291 e. The van der Waals surface area contributed by atoms with Crippen LogP contribution in [0.5, 0.6) is 11.5 Å². The molecule has 0 bridgehead atoms. The van der Waals surface area contributed by atoms with Crippen LogP contribution in [0.15, 0.2) is 97.1 Å². The maximum absolute atomic E-state index is 14.3. The third-order valence-electron chi connectivity index (χ3n) is 14.1. The van der Waals surface area contributed by atoms with Gasteiger partial charge >= 0.3 is 0 Å². The zero-order valence-corrected chi connectivity index (χ0v) is 41.4. The normalized spacial score (nSPS) is 20.5. The molecule has 4 aromatic carbocycles. The number of benzene rings is 4. The lowest BCUT2D eigenvalue weighted by Gasteiger charge is -2.47. The lowest BCUT2D eigenvalue weighted by molar-refractivity contribution is -0.354. The average molecular weight is 1110 g/mol. The van der Waals surface area contributed by atoms with Gasteiger partial charge in [0.05, 0.1) is 56.8 Å². The molecule has 418 valence electrons. The largest absolute Gasteiger partial charge is 0.497 e. The van der Waals surface area contributed by atoms with Gasteiger partial charge in [-0.2, -0.15) is 10.2 Å². The Morgan fingerprint density at radius 3 is 1.38 bits per heavy atom. The van der Waals surface area contributed by atoms with Crippen LogP contribution in [-0.2, 0) is 22.4 Å². The van der Waals surface area contributed by atoms with E-state index in [4.69, 9.17) is 20.9 Å². The van der Waals surface area contributed by atoms with Crippen LogP contribution in [0.2, 0.25) is 0 Å². The van der Waals surface area contributed by atoms with Crippen molar-refractivity contribution in [1.29, 1.82) is 0 Å². The molecule has 10 rings (SSSR count). The van der Waals surface area contributed by atoms with Gasteiger partial charge in [-0.05, 0) is 97.1 Å². The molecule has 30 nitrogen and oxygen atoms in total. The number of nitrogens with two attached hydrogens (primary N) is 2. The van der Waals surface area contributed by atoms with Gasteiger partial charge in [0.15, 0.2) is 11.4 Å². The SMILES string of the molecule is COc1ccc(-n2nc(C(N)=O)c3c2C(=O)N(c2ccc(N4C(=O)C(O)(O)CC(COc5ccc(-n6nc(C(N)=O)c7c6C(=O)N(c6ccc(N8CC(O)(O)C(O)(O)CC8=O)cc6)C(O)(O)C7)cc5)C4(O)O)cc2)C(O)(O)C3)cc1. The van der Waals surface area contributed by atoms with E-state index in [0.717, 1.165) is 38.5 Å². The molecule has 2 aromatic heterocycles. The number of ether oxygens (including phenoxy) is 2. The first-order valence-electron chi connectivity index (χ1n) is 23.8. The minimum Gasteiger partial charge on any atom is -0.497 e. The molecule has 6 amide bonds. The summed E-state index contributed by atoms with van der Waals surface area (Å²) in [5.74, 6) is -27.0. The number of aromatic nitrogens is 4. The van der Waals surface area contributed by atoms with E-state index >= 15 is 0 Å². The predicted octanol–water partition coefficient (Wildman–Crippen LogP) is -4.20. The van der Waals surface area contributed by atoms with Gasteiger partial charge < -0.3 is 87.1 Å². The Morgan fingerprint density at radius 2 is 0.950 bits per heavy atom. The number of hydrogen-bond acceptors (Lipinski definition) is 22. The van der Waals surface area contributed by atoms with Crippen molar-refractivity contribution in [3.63, 3.8) is 0 Å². The van der Waals surface area contributed by atoms with Crippen molar-refractivity contribution in [3.8, 4) is 22.9 Å². The minimum atomic E-state index is -3.24. The second kappa shape index (κ2) is 18.7. The van der Waals surface area contributed by atoms with E-state index in [-0.39, 0.29) is 61.6 Å². The standard InChI is InChI=1S/C50H48N10O20/c1-79-31-14-10-29(11-15-31)59-38-33(36(53-59)40(51)62)20-49(75,76)57(43(38)65)27-6-8-28(9-7-27)58-44(66)45(67,68)18-24(50(58,77)78)22-80-32-16-12-30(13-17-32)60-39-34(37(54-60)41(52)63)19-48(73,74)56(42(39)64)26-4-2-25(3-5-26)55-23-47(71,72)46(69,70)21-35(55)61/h2-17,24,67-78H,18-23H2,1H3,(H2,51,62)(H2,52,63). The molecule has 0 spiro atoms. The first-order chi connectivity index (χ1) is 37.4. The third-order valence-corrected chi connectivity index (χ3v) is 14.1. The van der Waals surface area contributed by atoms with E-state index in [1.165, 1.54) is 67.8 Å². The fraction of sp³-hybridized carbons (Fsp3) is 0.280. The number of β-amino-alcohol motifs (C(OH)–C–C–N with tert-alkyl or cyclic N) is 2. The monoisotopic (exact) mass is 1110 g/mol. The number of piperidine rings is 2. The quantitative estimate of drug-likeness (QED) is 0.0517. The van der Waals surface area contributed by atoms with E-state index in [1.54, 1.807) is 12.1 Å². The van der Waals surface area contributed by atoms with Gasteiger partial charge in [-0.25, -0.2) is 9.36 Å². The summed E-state index contributed by atoms with van der Waals surface area (Å²) in [6.07, 6.45) is -3.67. The molecule has 6 heterocycles. The van der Waals surface area contributed by atoms with E-state index in [0.29, 0.717) is 15.5 Å². The second-order valence-electron chi connectivity index (χ2n) is 19.5. The molecule has 2 fully saturated rings. The van der Waals surface area contributed by atoms with E-state index in [1.807, 2.05) is 0 Å². The number of anilines is 4. The first kappa shape index (κ1) is 54.6. The van der Waals surface area contributed by atoms with Crippen molar-refractivity contribution in [3.05, 3.63) is 131 Å². The highest BCUT2D eigenvalue weighted by Crippen LogP contribution is 2.43. The number of methoxy groups -OCH3 is 1. The number of carbonyl (C=O) groups excluding carboxylic acids is 6. The van der Waals surface area contributed by atoms with Crippen molar-refractivity contribution in [2.24, 2.45) is 17.4 Å². The van der Waals surface area contributed by atoms with Crippen molar-refractivity contribution >= 4 is 58.2 Å². The third kappa shape index (κ3) is 8.91. The lowest BCUT2D eigenvalue weighted by Crippen LogP contribution is -2.69. The molecule has 0 aliphatic carbocycles. The van der Waals surface area contributed by atoms with E-state index in [2.05, 4.69) is 10.2 Å². The second-order valence-corrected chi connectivity index (χ2v) is 19.5. The summed E-state index contributed by atoms with van der Waals surface area (Å²) >= 11 is 0. The Balaban J connectivity index is 0.877. The van der Waals surface area contributed by atoms with Crippen LogP contribution < -0.4 is 40.5 Å².